The van der Waals surface area contributed by atoms with Crippen LogP contribution in [-0.4, -0.2) is 13.2 Å². The highest BCUT2D eigenvalue weighted by molar-refractivity contribution is 5.64. The molecular weight excluding hydrogens is 234 g/mol. The van der Waals surface area contributed by atoms with E-state index in [4.69, 9.17) is 4.74 Å². The molecule has 3 rings (SSSR count). The average Bonchev–Trinajstić information content (AvgIpc) is 3.25. The van der Waals surface area contributed by atoms with Crippen LogP contribution in [0.15, 0.2) is 48.5 Å². The smallest absolute Gasteiger partial charge is 0.119 e. The zero-order valence-corrected chi connectivity index (χ0v) is 11.2. The first-order chi connectivity index (χ1) is 9.35. The summed E-state index contributed by atoms with van der Waals surface area (Å²) in [5.74, 6) is 0.984. The van der Waals surface area contributed by atoms with Gasteiger partial charge in [-0.25, -0.2) is 0 Å². The van der Waals surface area contributed by atoms with Gasteiger partial charge in [-0.15, -0.1) is 0 Å². The van der Waals surface area contributed by atoms with Gasteiger partial charge in [0.1, 0.15) is 5.75 Å². The second-order valence-electron chi connectivity index (χ2n) is 5.07. The SMILES string of the molecule is CNCc1ccc(-c2ccc(OC3CC3)cc2)cc1. The Morgan fingerprint density at radius 2 is 1.53 bits per heavy atom. The topological polar surface area (TPSA) is 21.3 Å². The fourth-order valence-corrected chi connectivity index (χ4v) is 2.12. The monoisotopic (exact) mass is 253 g/mol. The van der Waals surface area contributed by atoms with Gasteiger partial charge in [-0.2, -0.15) is 0 Å². The van der Waals surface area contributed by atoms with Crippen LogP contribution in [-0.2, 0) is 6.54 Å². The third-order valence-electron chi connectivity index (χ3n) is 3.35. The summed E-state index contributed by atoms with van der Waals surface area (Å²) in [4.78, 5) is 0. The molecule has 0 unspecified atom stereocenters. The zero-order chi connectivity index (χ0) is 13.1. The molecule has 0 spiro atoms. The molecule has 2 aromatic rings. The van der Waals surface area contributed by atoms with Gasteiger partial charge >= 0.3 is 0 Å². The van der Waals surface area contributed by atoms with E-state index in [1.54, 1.807) is 0 Å². The molecule has 1 aliphatic carbocycles. The second-order valence-corrected chi connectivity index (χ2v) is 5.07. The van der Waals surface area contributed by atoms with Crippen molar-refractivity contribution in [2.75, 3.05) is 7.05 Å². The van der Waals surface area contributed by atoms with Crippen LogP contribution in [0.2, 0.25) is 0 Å². The molecule has 98 valence electrons. The summed E-state index contributed by atoms with van der Waals surface area (Å²) in [6.45, 7) is 0.911. The Morgan fingerprint density at radius 3 is 2.05 bits per heavy atom. The molecule has 0 amide bonds. The van der Waals surface area contributed by atoms with Crippen molar-refractivity contribution in [2.45, 2.75) is 25.5 Å². The van der Waals surface area contributed by atoms with Crippen molar-refractivity contribution in [1.82, 2.24) is 5.32 Å². The quantitative estimate of drug-likeness (QED) is 0.878. The molecule has 1 saturated carbocycles. The normalized spacial score (nSPS) is 14.4. The van der Waals surface area contributed by atoms with Gasteiger partial charge < -0.3 is 10.1 Å². The highest BCUT2D eigenvalue weighted by Crippen LogP contribution is 2.28. The molecule has 0 heterocycles. The first-order valence-electron chi connectivity index (χ1n) is 6.86. The molecular formula is C17H19NO. The molecule has 0 aromatic heterocycles. The minimum absolute atomic E-state index is 0.465. The minimum Gasteiger partial charge on any atom is -0.490 e. The Balaban J connectivity index is 1.73. The number of nitrogens with one attached hydrogen (secondary N) is 1. The van der Waals surface area contributed by atoms with Gasteiger partial charge in [0.25, 0.3) is 0 Å². The Kier molecular flexibility index (Phi) is 3.51. The lowest BCUT2D eigenvalue weighted by Gasteiger charge is -2.07. The molecule has 2 aromatic carbocycles. The van der Waals surface area contributed by atoms with Crippen molar-refractivity contribution in [3.63, 3.8) is 0 Å². The van der Waals surface area contributed by atoms with Crippen molar-refractivity contribution in [3.05, 3.63) is 54.1 Å². The minimum atomic E-state index is 0.465. The van der Waals surface area contributed by atoms with Crippen molar-refractivity contribution in [2.24, 2.45) is 0 Å². The van der Waals surface area contributed by atoms with Gasteiger partial charge in [-0.3, -0.25) is 0 Å². The van der Waals surface area contributed by atoms with E-state index >= 15 is 0 Å². The molecule has 0 aliphatic heterocycles. The standard InChI is InChI=1S/C17H19NO/c1-18-12-13-2-4-14(5-3-13)15-6-8-16(9-7-15)19-17-10-11-17/h2-9,17-18H,10-12H2,1H3. The first kappa shape index (κ1) is 12.2. The first-order valence-corrected chi connectivity index (χ1v) is 6.86. The summed E-state index contributed by atoms with van der Waals surface area (Å²) in [5.41, 5.74) is 3.79. The summed E-state index contributed by atoms with van der Waals surface area (Å²) in [6, 6.07) is 17.1. The fourth-order valence-electron chi connectivity index (χ4n) is 2.12. The third kappa shape index (κ3) is 3.15. The van der Waals surface area contributed by atoms with Crippen molar-refractivity contribution < 1.29 is 4.74 Å². The van der Waals surface area contributed by atoms with Crippen LogP contribution in [0, 0.1) is 0 Å². The molecule has 1 aliphatic rings. The highest BCUT2D eigenvalue weighted by atomic mass is 16.5. The van der Waals surface area contributed by atoms with Crippen molar-refractivity contribution >= 4 is 0 Å². The molecule has 0 bridgehead atoms. The molecule has 2 heteroatoms. The molecule has 0 saturated heterocycles. The van der Waals surface area contributed by atoms with E-state index in [0.29, 0.717) is 6.10 Å². The lowest BCUT2D eigenvalue weighted by molar-refractivity contribution is 0.303. The number of ether oxygens (including phenoxy) is 1. The van der Waals surface area contributed by atoms with E-state index in [9.17, 15) is 0 Å². The van der Waals surface area contributed by atoms with Crippen LogP contribution < -0.4 is 10.1 Å². The molecule has 2 nitrogen and oxygen atoms in total. The van der Waals surface area contributed by atoms with E-state index in [1.165, 1.54) is 29.5 Å². The maximum atomic E-state index is 5.76. The van der Waals surface area contributed by atoms with Crippen molar-refractivity contribution in [3.8, 4) is 16.9 Å². The van der Waals surface area contributed by atoms with E-state index in [0.717, 1.165) is 12.3 Å². The van der Waals surface area contributed by atoms with Crippen LogP contribution in [0.1, 0.15) is 18.4 Å². The van der Waals surface area contributed by atoms with Gasteiger partial charge in [0.05, 0.1) is 6.10 Å². The van der Waals surface area contributed by atoms with Crippen LogP contribution in [0.25, 0.3) is 11.1 Å². The fraction of sp³-hybridized carbons (Fsp3) is 0.294. The highest BCUT2D eigenvalue weighted by Gasteiger charge is 2.23. The predicted octanol–water partition coefficient (Wildman–Crippen LogP) is 3.61. The molecule has 1 N–H and O–H groups in total. The van der Waals surface area contributed by atoms with Crippen LogP contribution >= 0.6 is 0 Å². The number of benzene rings is 2. The van der Waals surface area contributed by atoms with Gasteiger partial charge in [0.2, 0.25) is 0 Å². The van der Waals surface area contributed by atoms with E-state index in [-0.39, 0.29) is 0 Å². The maximum Gasteiger partial charge on any atom is 0.119 e. The lowest BCUT2D eigenvalue weighted by Crippen LogP contribution is -2.04. The maximum absolute atomic E-state index is 5.76. The second kappa shape index (κ2) is 5.45. The van der Waals surface area contributed by atoms with E-state index in [2.05, 4.69) is 53.8 Å². The largest absolute Gasteiger partial charge is 0.490 e. The molecule has 19 heavy (non-hydrogen) atoms. The van der Waals surface area contributed by atoms with Gasteiger partial charge in [0.15, 0.2) is 0 Å². The van der Waals surface area contributed by atoms with Crippen LogP contribution in [0.3, 0.4) is 0 Å². The van der Waals surface area contributed by atoms with E-state index in [1.807, 2.05) is 7.05 Å². The molecule has 1 fully saturated rings. The molecule has 0 radical (unpaired) electrons. The Hall–Kier alpha value is -1.80. The predicted molar refractivity (Wildman–Crippen MR) is 78.3 cm³/mol. The third-order valence-corrected chi connectivity index (χ3v) is 3.35. The number of rotatable bonds is 5. The van der Waals surface area contributed by atoms with Gasteiger partial charge in [-0.05, 0) is 48.7 Å². The van der Waals surface area contributed by atoms with Gasteiger partial charge in [0, 0.05) is 6.54 Å². The van der Waals surface area contributed by atoms with Gasteiger partial charge in [-0.1, -0.05) is 36.4 Å². The van der Waals surface area contributed by atoms with Crippen molar-refractivity contribution in [1.29, 1.82) is 0 Å². The summed E-state index contributed by atoms with van der Waals surface area (Å²) >= 11 is 0. The number of hydrogen-bond donors (Lipinski definition) is 1. The summed E-state index contributed by atoms with van der Waals surface area (Å²) in [7, 11) is 1.96. The number of hydrogen-bond acceptors (Lipinski definition) is 2. The Morgan fingerprint density at radius 1 is 0.947 bits per heavy atom. The summed E-state index contributed by atoms with van der Waals surface area (Å²) < 4.78 is 5.76. The summed E-state index contributed by atoms with van der Waals surface area (Å²) in [6.07, 6.45) is 2.87. The van der Waals surface area contributed by atoms with Crippen LogP contribution in [0.5, 0.6) is 5.75 Å². The molecule has 0 atom stereocenters. The Labute approximate surface area is 114 Å². The lowest BCUT2D eigenvalue weighted by atomic mass is 10.0. The van der Waals surface area contributed by atoms with Crippen LogP contribution in [0.4, 0.5) is 0 Å². The average molecular weight is 253 g/mol. The Bertz CT molecular complexity index is 526. The summed E-state index contributed by atoms with van der Waals surface area (Å²) in [5, 5.41) is 3.16. The van der Waals surface area contributed by atoms with E-state index < -0.39 is 0 Å². The zero-order valence-electron chi connectivity index (χ0n) is 11.2.